The van der Waals surface area contributed by atoms with E-state index >= 15 is 0 Å². The predicted octanol–water partition coefficient (Wildman–Crippen LogP) is 4.16. The van der Waals surface area contributed by atoms with Gasteiger partial charge in [0.1, 0.15) is 10.6 Å². The first kappa shape index (κ1) is 21.8. The number of ether oxygens (including phenoxy) is 1. The second-order valence-corrected chi connectivity index (χ2v) is 8.17. The number of nitro benzene ring substituents is 1. The Hall–Kier alpha value is -3.92. The molecule has 0 saturated heterocycles. The van der Waals surface area contributed by atoms with Crippen molar-refractivity contribution in [3.8, 4) is 5.75 Å². The van der Waals surface area contributed by atoms with Gasteiger partial charge in [0.2, 0.25) is 0 Å². The first-order valence-electron chi connectivity index (χ1n) is 9.10. The SMILES string of the molecule is COc1ccccc1NS(=O)(=O)c1cc([N+](=O)[O-])ccc1N/N=C/c1ccc(C)cc1. The number of hydrazone groups is 1. The monoisotopic (exact) mass is 440 g/mol. The number of nitrogens with zero attached hydrogens (tertiary/aromatic N) is 2. The van der Waals surface area contributed by atoms with Gasteiger partial charge in [-0.2, -0.15) is 5.10 Å². The molecular formula is C21H20N4O5S. The first-order chi connectivity index (χ1) is 14.8. The zero-order chi connectivity index (χ0) is 22.4. The average Bonchev–Trinajstić information content (AvgIpc) is 2.75. The molecule has 3 aromatic carbocycles. The van der Waals surface area contributed by atoms with Crippen molar-refractivity contribution in [3.63, 3.8) is 0 Å². The Morgan fingerprint density at radius 1 is 1.03 bits per heavy atom. The van der Waals surface area contributed by atoms with E-state index in [0.29, 0.717) is 5.75 Å². The molecule has 3 rings (SSSR count). The van der Waals surface area contributed by atoms with Crippen molar-refractivity contribution in [2.75, 3.05) is 17.3 Å². The minimum Gasteiger partial charge on any atom is -0.495 e. The topological polar surface area (TPSA) is 123 Å². The molecular weight excluding hydrogens is 420 g/mol. The standard InChI is InChI=1S/C21H20N4O5S/c1-15-7-9-16(10-8-15)14-22-23-19-12-11-17(25(26)27)13-21(19)31(28,29)24-18-5-3-4-6-20(18)30-2/h3-14,23-24H,1-2H3/b22-14+. The summed E-state index contributed by atoms with van der Waals surface area (Å²) in [5, 5.41) is 15.3. The quantitative estimate of drug-likeness (QED) is 0.308. The Labute approximate surface area is 179 Å². The third-order valence-corrected chi connectivity index (χ3v) is 5.70. The first-order valence-corrected chi connectivity index (χ1v) is 10.6. The minimum absolute atomic E-state index is 0.0800. The fourth-order valence-corrected chi connectivity index (χ4v) is 3.94. The molecule has 3 aromatic rings. The van der Waals surface area contributed by atoms with Gasteiger partial charge < -0.3 is 4.74 Å². The van der Waals surface area contributed by atoms with Gasteiger partial charge >= 0.3 is 0 Å². The number of non-ortho nitro benzene ring substituents is 1. The van der Waals surface area contributed by atoms with Gasteiger partial charge in [0.15, 0.2) is 0 Å². The van der Waals surface area contributed by atoms with Crippen molar-refractivity contribution in [1.82, 2.24) is 0 Å². The number of methoxy groups -OCH3 is 1. The number of sulfonamides is 1. The van der Waals surface area contributed by atoms with Crippen LogP contribution in [-0.2, 0) is 10.0 Å². The summed E-state index contributed by atoms with van der Waals surface area (Å²) in [4.78, 5) is 10.2. The fourth-order valence-electron chi connectivity index (χ4n) is 2.70. The normalized spacial score (nSPS) is 11.3. The highest BCUT2D eigenvalue weighted by molar-refractivity contribution is 7.93. The molecule has 2 N–H and O–H groups in total. The van der Waals surface area contributed by atoms with Crippen LogP contribution in [-0.4, -0.2) is 26.7 Å². The van der Waals surface area contributed by atoms with Crippen molar-refractivity contribution < 1.29 is 18.1 Å². The van der Waals surface area contributed by atoms with Gasteiger partial charge in [-0.25, -0.2) is 8.42 Å². The van der Waals surface area contributed by atoms with Crippen LogP contribution in [0.5, 0.6) is 5.75 Å². The van der Waals surface area contributed by atoms with Crippen LogP contribution < -0.4 is 14.9 Å². The second-order valence-electron chi connectivity index (χ2n) is 6.52. The molecule has 0 heterocycles. The summed E-state index contributed by atoms with van der Waals surface area (Å²) >= 11 is 0. The number of nitro groups is 1. The van der Waals surface area contributed by atoms with E-state index < -0.39 is 14.9 Å². The van der Waals surface area contributed by atoms with Crippen molar-refractivity contribution in [3.05, 3.63) is 88.0 Å². The molecule has 0 aliphatic rings. The Morgan fingerprint density at radius 3 is 2.42 bits per heavy atom. The number of rotatable bonds is 8. The van der Waals surface area contributed by atoms with Crippen LogP contribution in [0.15, 0.2) is 76.7 Å². The molecule has 10 heteroatoms. The van der Waals surface area contributed by atoms with E-state index in [1.54, 1.807) is 18.2 Å². The summed E-state index contributed by atoms with van der Waals surface area (Å²) in [7, 11) is -2.79. The Bertz CT molecular complexity index is 1220. The molecule has 0 unspecified atom stereocenters. The van der Waals surface area contributed by atoms with Gasteiger partial charge in [-0.05, 0) is 30.7 Å². The number of nitrogens with one attached hydrogen (secondary N) is 2. The van der Waals surface area contributed by atoms with E-state index in [-0.39, 0.29) is 22.0 Å². The lowest BCUT2D eigenvalue weighted by atomic mass is 10.2. The third-order valence-electron chi connectivity index (χ3n) is 4.29. The largest absolute Gasteiger partial charge is 0.495 e. The Kier molecular flexibility index (Phi) is 6.51. The number of benzene rings is 3. The second kappa shape index (κ2) is 9.26. The number of hydrogen-bond acceptors (Lipinski definition) is 7. The van der Waals surface area contributed by atoms with Crippen LogP contribution in [0.25, 0.3) is 0 Å². The molecule has 0 aliphatic carbocycles. The summed E-state index contributed by atoms with van der Waals surface area (Å²) in [5.41, 5.74) is 4.47. The van der Waals surface area contributed by atoms with Gasteiger partial charge in [-0.3, -0.25) is 20.3 Å². The zero-order valence-corrected chi connectivity index (χ0v) is 17.6. The summed E-state index contributed by atoms with van der Waals surface area (Å²) in [6.07, 6.45) is 1.52. The van der Waals surface area contributed by atoms with Gasteiger partial charge in [0, 0.05) is 12.1 Å². The van der Waals surface area contributed by atoms with Crippen molar-refractivity contribution >= 4 is 33.3 Å². The van der Waals surface area contributed by atoms with Gasteiger partial charge in [0.05, 0.1) is 29.6 Å². The molecule has 0 aromatic heterocycles. The van der Waals surface area contributed by atoms with Crippen LogP contribution in [0, 0.1) is 17.0 Å². The molecule has 0 aliphatic heterocycles. The molecule has 160 valence electrons. The van der Waals surface area contributed by atoms with Crippen LogP contribution in [0.3, 0.4) is 0 Å². The van der Waals surface area contributed by atoms with Crippen LogP contribution >= 0.6 is 0 Å². The lowest BCUT2D eigenvalue weighted by Gasteiger charge is -2.14. The minimum atomic E-state index is -4.20. The molecule has 0 saturated carbocycles. The molecule has 0 bridgehead atoms. The van der Waals surface area contributed by atoms with E-state index in [9.17, 15) is 18.5 Å². The summed E-state index contributed by atoms with van der Waals surface area (Å²) in [5.74, 6) is 0.309. The Morgan fingerprint density at radius 2 is 1.74 bits per heavy atom. The number of hydrogen-bond donors (Lipinski definition) is 2. The fraction of sp³-hybridized carbons (Fsp3) is 0.0952. The maximum Gasteiger partial charge on any atom is 0.270 e. The summed E-state index contributed by atoms with van der Waals surface area (Å²) < 4.78 is 33.7. The van der Waals surface area contributed by atoms with Crippen LogP contribution in [0.4, 0.5) is 17.1 Å². The lowest BCUT2D eigenvalue weighted by molar-refractivity contribution is -0.385. The molecule has 9 nitrogen and oxygen atoms in total. The summed E-state index contributed by atoms with van der Waals surface area (Å²) in [6, 6.07) is 17.5. The lowest BCUT2D eigenvalue weighted by Crippen LogP contribution is -2.15. The van der Waals surface area contributed by atoms with Crippen LogP contribution in [0.2, 0.25) is 0 Å². The van der Waals surface area contributed by atoms with Crippen molar-refractivity contribution in [2.45, 2.75) is 11.8 Å². The molecule has 0 radical (unpaired) electrons. The average molecular weight is 440 g/mol. The molecule has 0 spiro atoms. The van der Waals surface area contributed by atoms with E-state index in [0.717, 1.165) is 17.2 Å². The van der Waals surface area contributed by atoms with E-state index in [1.807, 2.05) is 31.2 Å². The predicted molar refractivity (Wildman–Crippen MR) is 119 cm³/mol. The van der Waals surface area contributed by atoms with E-state index in [1.165, 1.54) is 31.5 Å². The van der Waals surface area contributed by atoms with E-state index in [2.05, 4.69) is 15.2 Å². The zero-order valence-electron chi connectivity index (χ0n) is 16.8. The molecule has 31 heavy (non-hydrogen) atoms. The molecule has 0 atom stereocenters. The van der Waals surface area contributed by atoms with Crippen LogP contribution in [0.1, 0.15) is 11.1 Å². The highest BCUT2D eigenvalue weighted by Crippen LogP contribution is 2.31. The highest BCUT2D eigenvalue weighted by Gasteiger charge is 2.23. The van der Waals surface area contributed by atoms with Crippen molar-refractivity contribution in [2.24, 2.45) is 5.10 Å². The number of aryl methyl sites for hydroxylation is 1. The smallest absolute Gasteiger partial charge is 0.270 e. The Balaban J connectivity index is 1.95. The third kappa shape index (κ3) is 5.37. The summed E-state index contributed by atoms with van der Waals surface area (Å²) in [6.45, 7) is 1.96. The van der Waals surface area contributed by atoms with Crippen molar-refractivity contribution in [1.29, 1.82) is 0 Å². The molecule has 0 amide bonds. The molecule has 0 fully saturated rings. The van der Waals surface area contributed by atoms with Gasteiger partial charge in [0.25, 0.3) is 15.7 Å². The highest BCUT2D eigenvalue weighted by atomic mass is 32.2. The number of anilines is 2. The number of para-hydroxylation sites is 2. The maximum absolute atomic E-state index is 13.1. The van der Waals surface area contributed by atoms with Gasteiger partial charge in [-0.15, -0.1) is 0 Å². The van der Waals surface area contributed by atoms with E-state index in [4.69, 9.17) is 4.74 Å². The van der Waals surface area contributed by atoms with Gasteiger partial charge in [-0.1, -0.05) is 42.0 Å². The maximum atomic E-state index is 13.1.